The molecule has 0 amide bonds. The van der Waals surface area contributed by atoms with Crippen LogP contribution in [0, 0.1) is 11.3 Å². The van der Waals surface area contributed by atoms with Crippen molar-refractivity contribution in [1.29, 1.82) is 5.26 Å². The van der Waals surface area contributed by atoms with Crippen molar-refractivity contribution in [3.63, 3.8) is 0 Å². The molecule has 1 fully saturated rings. The van der Waals surface area contributed by atoms with Gasteiger partial charge in [-0.25, -0.2) is 13.1 Å². The molecule has 1 saturated carbocycles. The van der Waals surface area contributed by atoms with Crippen molar-refractivity contribution in [2.24, 2.45) is 5.73 Å². The Morgan fingerprint density at radius 1 is 1.42 bits per heavy atom. The van der Waals surface area contributed by atoms with E-state index in [0.29, 0.717) is 0 Å². The van der Waals surface area contributed by atoms with Gasteiger partial charge in [0.2, 0.25) is 10.0 Å². The highest BCUT2D eigenvalue weighted by molar-refractivity contribution is 7.89. The molecule has 3 N–H and O–H groups in total. The summed E-state index contributed by atoms with van der Waals surface area (Å²) < 4.78 is 27.1. The lowest BCUT2D eigenvalue weighted by atomic mass is 10.2. The third kappa shape index (κ3) is 3.07. The summed E-state index contributed by atoms with van der Waals surface area (Å²) in [6, 6.07) is 5.60. The van der Waals surface area contributed by atoms with Crippen molar-refractivity contribution in [3.8, 4) is 6.07 Å². The lowest BCUT2D eigenvalue weighted by molar-refractivity contribution is 0.522. The Bertz CT molecular complexity index is 624. The molecule has 0 saturated heterocycles. The summed E-state index contributed by atoms with van der Waals surface area (Å²) in [6.45, 7) is 0. The molecule has 1 aromatic carbocycles. The van der Waals surface area contributed by atoms with E-state index in [9.17, 15) is 8.42 Å². The molecule has 0 heterocycles. The van der Waals surface area contributed by atoms with E-state index in [1.165, 1.54) is 18.2 Å². The first kappa shape index (κ1) is 14.3. The molecule has 1 aromatic rings. The van der Waals surface area contributed by atoms with Crippen LogP contribution in [0.15, 0.2) is 23.1 Å². The summed E-state index contributed by atoms with van der Waals surface area (Å²) in [6.07, 6.45) is 2.43. The SMILES string of the molecule is N#Cc1ccc(Cl)c(S(=O)(=O)NC2CCCC2N)c1. The minimum Gasteiger partial charge on any atom is -0.326 e. The van der Waals surface area contributed by atoms with Crippen molar-refractivity contribution in [3.05, 3.63) is 28.8 Å². The molecular weight excluding hydrogens is 286 g/mol. The number of nitrogens with zero attached hydrogens (tertiary/aromatic N) is 1. The van der Waals surface area contributed by atoms with Crippen LogP contribution in [0.25, 0.3) is 0 Å². The number of rotatable bonds is 3. The largest absolute Gasteiger partial charge is 0.326 e. The number of nitrogens with one attached hydrogen (secondary N) is 1. The Kier molecular flexibility index (Phi) is 4.11. The van der Waals surface area contributed by atoms with Gasteiger partial charge in [0.15, 0.2) is 0 Å². The van der Waals surface area contributed by atoms with Crippen LogP contribution in [0.3, 0.4) is 0 Å². The van der Waals surface area contributed by atoms with E-state index in [-0.39, 0.29) is 27.6 Å². The zero-order valence-electron chi connectivity index (χ0n) is 10.1. The second kappa shape index (κ2) is 5.47. The van der Waals surface area contributed by atoms with Gasteiger partial charge in [0.05, 0.1) is 16.7 Å². The van der Waals surface area contributed by atoms with Gasteiger partial charge in [-0.15, -0.1) is 0 Å². The highest BCUT2D eigenvalue weighted by Gasteiger charge is 2.29. The van der Waals surface area contributed by atoms with Crippen molar-refractivity contribution < 1.29 is 8.42 Å². The first-order chi connectivity index (χ1) is 8.94. The first-order valence-electron chi connectivity index (χ1n) is 5.91. The average Bonchev–Trinajstić information content (AvgIpc) is 2.75. The fourth-order valence-corrected chi connectivity index (χ4v) is 4.02. The summed E-state index contributed by atoms with van der Waals surface area (Å²) in [5.74, 6) is 0. The van der Waals surface area contributed by atoms with Crippen molar-refractivity contribution >= 4 is 21.6 Å². The topological polar surface area (TPSA) is 96.0 Å². The van der Waals surface area contributed by atoms with Crippen LogP contribution in [0.4, 0.5) is 0 Å². The van der Waals surface area contributed by atoms with Gasteiger partial charge in [0, 0.05) is 12.1 Å². The number of nitrogens with two attached hydrogens (primary N) is 1. The summed E-state index contributed by atoms with van der Waals surface area (Å²) in [7, 11) is -3.75. The van der Waals surface area contributed by atoms with E-state index in [1.807, 2.05) is 6.07 Å². The Labute approximate surface area is 117 Å². The molecule has 102 valence electrons. The predicted molar refractivity (Wildman–Crippen MR) is 72.1 cm³/mol. The fraction of sp³-hybridized carbons (Fsp3) is 0.417. The Morgan fingerprint density at radius 2 is 2.16 bits per heavy atom. The first-order valence-corrected chi connectivity index (χ1v) is 7.78. The predicted octanol–water partition coefficient (Wildman–Crippen LogP) is 1.37. The molecule has 0 aliphatic heterocycles. The molecule has 0 bridgehead atoms. The molecule has 2 rings (SSSR count). The minimum atomic E-state index is -3.75. The number of hydrogen-bond acceptors (Lipinski definition) is 4. The molecule has 2 atom stereocenters. The van der Waals surface area contributed by atoms with Gasteiger partial charge in [-0.1, -0.05) is 18.0 Å². The van der Waals surface area contributed by atoms with E-state index in [0.717, 1.165) is 19.3 Å². The second-order valence-electron chi connectivity index (χ2n) is 4.58. The Balaban J connectivity index is 2.32. The third-order valence-corrected chi connectivity index (χ3v) is 5.20. The number of sulfonamides is 1. The van der Waals surface area contributed by atoms with Crippen LogP contribution in [0.2, 0.25) is 5.02 Å². The van der Waals surface area contributed by atoms with Crippen LogP contribution in [0.1, 0.15) is 24.8 Å². The smallest absolute Gasteiger partial charge is 0.242 e. The molecule has 0 aromatic heterocycles. The molecule has 7 heteroatoms. The van der Waals surface area contributed by atoms with Crippen molar-refractivity contribution in [2.45, 2.75) is 36.2 Å². The standard InChI is InChI=1S/C12H14ClN3O2S/c13-9-5-4-8(7-14)6-12(9)19(17,18)16-11-3-1-2-10(11)15/h4-6,10-11,16H,1-3,15H2. The molecular formula is C12H14ClN3O2S. The zero-order chi connectivity index (χ0) is 14.0. The monoisotopic (exact) mass is 299 g/mol. The molecule has 5 nitrogen and oxygen atoms in total. The van der Waals surface area contributed by atoms with Crippen LogP contribution in [-0.4, -0.2) is 20.5 Å². The summed E-state index contributed by atoms with van der Waals surface area (Å²) >= 11 is 5.90. The van der Waals surface area contributed by atoms with E-state index < -0.39 is 10.0 Å². The maximum Gasteiger partial charge on any atom is 0.242 e. The summed E-state index contributed by atoms with van der Waals surface area (Å²) in [5, 5.41) is 8.91. The van der Waals surface area contributed by atoms with E-state index in [1.54, 1.807) is 0 Å². The van der Waals surface area contributed by atoms with Crippen molar-refractivity contribution in [2.75, 3.05) is 0 Å². The Morgan fingerprint density at radius 3 is 2.74 bits per heavy atom. The van der Waals surface area contributed by atoms with Crippen LogP contribution >= 0.6 is 11.6 Å². The van der Waals surface area contributed by atoms with Crippen molar-refractivity contribution in [1.82, 2.24) is 4.72 Å². The maximum absolute atomic E-state index is 12.3. The number of nitriles is 1. The van der Waals surface area contributed by atoms with Gasteiger partial charge in [-0.05, 0) is 31.0 Å². The van der Waals surface area contributed by atoms with Gasteiger partial charge in [-0.2, -0.15) is 5.26 Å². The Hall–Kier alpha value is -1.13. The quantitative estimate of drug-likeness (QED) is 0.881. The fourth-order valence-electron chi connectivity index (χ4n) is 2.18. The lowest BCUT2D eigenvalue weighted by Gasteiger charge is -2.17. The number of benzene rings is 1. The maximum atomic E-state index is 12.3. The number of hydrogen-bond donors (Lipinski definition) is 2. The summed E-state index contributed by atoms with van der Waals surface area (Å²) in [4.78, 5) is -0.0766. The van der Waals surface area contributed by atoms with Crippen LogP contribution < -0.4 is 10.5 Å². The van der Waals surface area contributed by atoms with Crippen LogP contribution in [-0.2, 0) is 10.0 Å². The normalized spacial score (nSPS) is 23.2. The van der Waals surface area contributed by atoms with Gasteiger partial charge in [0.1, 0.15) is 4.90 Å². The molecule has 2 unspecified atom stereocenters. The zero-order valence-corrected chi connectivity index (χ0v) is 11.7. The van der Waals surface area contributed by atoms with Gasteiger partial charge in [-0.3, -0.25) is 0 Å². The molecule has 0 spiro atoms. The van der Waals surface area contributed by atoms with Crippen LogP contribution in [0.5, 0.6) is 0 Å². The van der Waals surface area contributed by atoms with Gasteiger partial charge < -0.3 is 5.73 Å². The van der Waals surface area contributed by atoms with E-state index >= 15 is 0 Å². The van der Waals surface area contributed by atoms with E-state index in [2.05, 4.69) is 4.72 Å². The highest BCUT2D eigenvalue weighted by Crippen LogP contribution is 2.25. The van der Waals surface area contributed by atoms with Gasteiger partial charge >= 0.3 is 0 Å². The average molecular weight is 300 g/mol. The minimum absolute atomic E-state index is 0.0766. The lowest BCUT2D eigenvalue weighted by Crippen LogP contribution is -2.43. The number of halogens is 1. The molecule has 0 radical (unpaired) electrons. The molecule has 1 aliphatic rings. The van der Waals surface area contributed by atoms with Gasteiger partial charge in [0.25, 0.3) is 0 Å². The second-order valence-corrected chi connectivity index (χ2v) is 6.67. The summed E-state index contributed by atoms with van der Waals surface area (Å²) in [5.41, 5.74) is 6.10. The van der Waals surface area contributed by atoms with E-state index in [4.69, 9.17) is 22.6 Å². The molecule has 1 aliphatic carbocycles. The highest BCUT2D eigenvalue weighted by atomic mass is 35.5. The molecule has 19 heavy (non-hydrogen) atoms. The third-order valence-electron chi connectivity index (χ3n) is 3.23.